The standard InChI is InChI=1S/C8H8N2O2.C5H7N3O/c1-9-5-6-2-3-8(11)7(4-6)10-12;1-3-4(2)7-8-5(9)6-3/h2-5,11H,1H3;1-2H3,(H,6,8,9). The van der Waals surface area contributed by atoms with Gasteiger partial charge in [-0.05, 0) is 42.8 Å². The molecule has 0 amide bonds. The van der Waals surface area contributed by atoms with Gasteiger partial charge in [0.2, 0.25) is 0 Å². The molecule has 0 aliphatic carbocycles. The van der Waals surface area contributed by atoms with Gasteiger partial charge in [0.1, 0.15) is 11.4 Å². The Labute approximate surface area is 120 Å². The van der Waals surface area contributed by atoms with Crippen molar-refractivity contribution in [3.8, 4) is 5.75 Å². The Morgan fingerprint density at radius 3 is 2.52 bits per heavy atom. The Kier molecular flexibility index (Phi) is 5.87. The lowest BCUT2D eigenvalue weighted by Gasteiger charge is -1.95. The Hall–Kier alpha value is -2.90. The highest BCUT2D eigenvalue weighted by atomic mass is 16.3. The number of rotatable bonds is 2. The number of nitroso groups, excluding NO2 is 1. The van der Waals surface area contributed by atoms with Gasteiger partial charge in [0, 0.05) is 13.3 Å². The van der Waals surface area contributed by atoms with E-state index in [2.05, 4.69) is 25.4 Å². The van der Waals surface area contributed by atoms with E-state index in [0.29, 0.717) is 5.69 Å². The zero-order valence-electron chi connectivity index (χ0n) is 11.9. The molecular formula is C13H15N5O3. The zero-order chi connectivity index (χ0) is 15.8. The predicted octanol–water partition coefficient (Wildman–Crippen LogP) is 1.62. The van der Waals surface area contributed by atoms with Gasteiger partial charge in [-0.1, -0.05) is 0 Å². The maximum atomic E-state index is 10.4. The normalized spacial score (nSPS) is 10.0. The van der Waals surface area contributed by atoms with Crippen molar-refractivity contribution in [1.29, 1.82) is 0 Å². The first-order chi connectivity index (χ1) is 9.97. The van der Waals surface area contributed by atoms with Crippen LogP contribution in [-0.4, -0.2) is 33.6 Å². The molecule has 0 aliphatic rings. The van der Waals surface area contributed by atoms with Gasteiger partial charge in [-0.15, -0.1) is 4.91 Å². The number of phenols is 1. The van der Waals surface area contributed by atoms with E-state index in [4.69, 9.17) is 5.11 Å². The summed E-state index contributed by atoms with van der Waals surface area (Å²) in [5.41, 5.74) is 1.82. The number of H-pyrrole nitrogens is 1. The van der Waals surface area contributed by atoms with Crippen LogP contribution in [0.4, 0.5) is 5.69 Å². The van der Waals surface area contributed by atoms with Crippen molar-refractivity contribution in [3.05, 3.63) is 50.5 Å². The van der Waals surface area contributed by atoms with Gasteiger partial charge in [0.05, 0.1) is 11.4 Å². The number of phenolic OH excluding ortho intramolecular Hbond substituents is 1. The van der Waals surface area contributed by atoms with Crippen molar-refractivity contribution >= 4 is 11.9 Å². The van der Waals surface area contributed by atoms with Crippen LogP contribution in [0.25, 0.3) is 0 Å². The summed E-state index contributed by atoms with van der Waals surface area (Å²) in [6.45, 7) is 3.54. The Morgan fingerprint density at radius 1 is 1.29 bits per heavy atom. The van der Waals surface area contributed by atoms with Crippen LogP contribution in [0.2, 0.25) is 0 Å². The third kappa shape index (κ3) is 4.94. The van der Waals surface area contributed by atoms with Crippen LogP contribution in [0, 0.1) is 18.8 Å². The number of benzene rings is 1. The Morgan fingerprint density at radius 2 is 2.00 bits per heavy atom. The number of aromatic amines is 1. The molecule has 1 heterocycles. The predicted molar refractivity (Wildman–Crippen MR) is 79.2 cm³/mol. The lowest BCUT2D eigenvalue weighted by atomic mass is 10.2. The lowest BCUT2D eigenvalue weighted by Crippen LogP contribution is -2.14. The van der Waals surface area contributed by atoms with Gasteiger partial charge in [-0.25, -0.2) is 9.89 Å². The van der Waals surface area contributed by atoms with E-state index in [9.17, 15) is 9.70 Å². The van der Waals surface area contributed by atoms with E-state index in [1.54, 1.807) is 33.2 Å². The smallest absolute Gasteiger partial charge is 0.361 e. The molecule has 0 bridgehead atoms. The second-order valence-corrected chi connectivity index (χ2v) is 4.04. The van der Waals surface area contributed by atoms with Crippen molar-refractivity contribution in [2.75, 3.05) is 7.05 Å². The number of aromatic nitrogens is 3. The summed E-state index contributed by atoms with van der Waals surface area (Å²) in [5, 5.41) is 17.6. The highest BCUT2D eigenvalue weighted by Crippen LogP contribution is 2.25. The Bertz CT molecular complexity index is 709. The van der Waals surface area contributed by atoms with Gasteiger partial charge in [0.15, 0.2) is 0 Å². The molecule has 0 saturated heterocycles. The van der Waals surface area contributed by atoms with E-state index in [1.807, 2.05) is 0 Å². The second kappa shape index (κ2) is 7.63. The number of aromatic hydroxyl groups is 1. The fourth-order valence-corrected chi connectivity index (χ4v) is 1.31. The first-order valence-electron chi connectivity index (χ1n) is 5.96. The molecule has 0 unspecified atom stereocenters. The summed E-state index contributed by atoms with van der Waals surface area (Å²) in [7, 11) is 1.63. The molecule has 0 aliphatic heterocycles. The summed E-state index contributed by atoms with van der Waals surface area (Å²) < 4.78 is 0. The molecule has 0 spiro atoms. The monoisotopic (exact) mass is 289 g/mol. The molecule has 8 heteroatoms. The largest absolute Gasteiger partial charge is 0.506 e. The molecule has 1 aromatic heterocycles. The number of aryl methyl sites for hydroxylation is 2. The highest BCUT2D eigenvalue weighted by molar-refractivity contribution is 5.81. The minimum absolute atomic E-state index is 0.0346. The summed E-state index contributed by atoms with van der Waals surface area (Å²) >= 11 is 0. The summed E-state index contributed by atoms with van der Waals surface area (Å²) in [5.74, 6) is -0.113. The van der Waals surface area contributed by atoms with Crippen molar-refractivity contribution in [2.24, 2.45) is 10.2 Å². The molecule has 2 rings (SSSR count). The van der Waals surface area contributed by atoms with Crippen LogP contribution in [0.1, 0.15) is 17.0 Å². The maximum Gasteiger partial charge on any atom is 0.361 e. The van der Waals surface area contributed by atoms with Gasteiger partial charge >= 0.3 is 5.69 Å². The van der Waals surface area contributed by atoms with Gasteiger partial charge in [-0.3, -0.25) is 4.99 Å². The quantitative estimate of drug-likeness (QED) is 0.642. The van der Waals surface area contributed by atoms with E-state index >= 15 is 0 Å². The van der Waals surface area contributed by atoms with Crippen molar-refractivity contribution in [1.82, 2.24) is 15.2 Å². The molecule has 21 heavy (non-hydrogen) atoms. The zero-order valence-corrected chi connectivity index (χ0v) is 11.9. The number of hydrogen-bond acceptors (Lipinski definition) is 7. The molecule has 8 nitrogen and oxygen atoms in total. The summed E-state index contributed by atoms with van der Waals surface area (Å²) in [6, 6.07) is 4.53. The van der Waals surface area contributed by atoms with Crippen molar-refractivity contribution in [3.63, 3.8) is 0 Å². The third-order valence-corrected chi connectivity index (χ3v) is 2.49. The average Bonchev–Trinajstić information content (AvgIpc) is 2.46. The van der Waals surface area contributed by atoms with E-state index < -0.39 is 5.69 Å². The van der Waals surface area contributed by atoms with Crippen LogP contribution in [0.5, 0.6) is 5.75 Å². The van der Waals surface area contributed by atoms with E-state index in [-0.39, 0.29) is 11.4 Å². The molecule has 1 aromatic carbocycles. The van der Waals surface area contributed by atoms with E-state index in [1.165, 1.54) is 12.1 Å². The molecule has 0 radical (unpaired) electrons. The van der Waals surface area contributed by atoms with Crippen LogP contribution in [0.15, 0.2) is 33.2 Å². The molecule has 2 N–H and O–H groups in total. The molecule has 110 valence electrons. The maximum absolute atomic E-state index is 10.4. The fraction of sp³-hybridized carbons (Fsp3) is 0.231. The third-order valence-electron chi connectivity index (χ3n) is 2.49. The van der Waals surface area contributed by atoms with Crippen LogP contribution < -0.4 is 5.69 Å². The van der Waals surface area contributed by atoms with Crippen LogP contribution >= 0.6 is 0 Å². The van der Waals surface area contributed by atoms with Crippen LogP contribution in [-0.2, 0) is 0 Å². The first kappa shape index (κ1) is 16.2. The number of nitrogens with one attached hydrogen (secondary N) is 1. The number of aliphatic imine (C=N–C) groups is 1. The van der Waals surface area contributed by atoms with Crippen LogP contribution in [0.3, 0.4) is 0 Å². The molecule has 0 fully saturated rings. The SMILES string of the molecule is CN=Cc1ccc(O)c(N=O)c1.Cc1n[nH]c(=O)nc1C. The van der Waals surface area contributed by atoms with Gasteiger partial charge in [-0.2, -0.15) is 10.1 Å². The van der Waals surface area contributed by atoms with Gasteiger partial charge in [0.25, 0.3) is 0 Å². The second-order valence-electron chi connectivity index (χ2n) is 4.04. The fourth-order valence-electron chi connectivity index (χ4n) is 1.31. The average molecular weight is 289 g/mol. The summed E-state index contributed by atoms with van der Waals surface area (Å²) in [6.07, 6.45) is 1.58. The molecule has 0 atom stereocenters. The lowest BCUT2D eigenvalue weighted by molar-refractivity contribution is 0.477. The van der Waals surface area contributed by atoms with Crippen molar-refractivity contribution in [2.45, 2.75) is 13.8 Å². The summed E-state index contributed by atoms with van der Waals surface area (Å²) in [4.78, 5) is 27.9. The van der Waals surface area contributed by atoms with E-state index in [0.717, 1.165) is 11.3 Å². The highest BCUT2D eigenvalue weighted by Gasteiger charge is 2.00. The van der Waals surface area contributed by atoms with Gasteiger partial charge < -0.3 is 5.11 Å². The minimum Gasteiger partial charge on any atom is -0.506 e. The first-order valence-corrected chi connectivity index (χ1v) is 5.96. The molecule has 2 aromatic rings. The number of nitrogens with zero attached hydrogens (tertiary/aromatic N) is 4. The minimum atomic E-state index is -0.391. The van der Waals surface area contributed by atoms with Crippen molar-refractivity contribution < 1.29 is 5.11 Å². The molecular weight excluding hydrogens is 274 g/mol. The topological polar surface area (TPSA) is 121 Å². The number of hydrogen-bond donors (Lipinski definition) is 2. The molecule has 0 saturated carbocycles. The Balaban J connectivity index is 0.000000219.